The lowest BCUT2D eigenvalue weighted by atomic mass is 10.0. The van der Waals surface area contributed by atoms with Crippen LogP contribution >= 0.6 is 11.8 Å². The summed E-state index contributed by atoms with van der Waals surface area (Å²) in [6.07, 6.45) is 3.18. The van der Waals surface area contributed by atoms with E-state index in [9.17, 15) is 4.79 Å². The van der Waals surface area contributed by atoms with E-state index in [4.69, 9.17) is 9.47 Å². The van der Waals surface area contributed by atoms with E-state index in [1.807, 2.05) is 42.5 Å². The number of esters is 1. The number of hydrogen-bond acceptors (Lipinski definition) is 5. The van der Waals surface area contributed by atoms with Gasteiger partial charge >= 0.3 is 5.97 Å². The van der Waals surface area contributed by atoms with E-state index >= 15 is 0 Å². The highest BCUT2D eigenvalue weighted by molar-refractivity contribution is 7.98. The van der Waals surface area contributed by atoms with Crippen LogP contribution in [-0.2, 0) is 20.0 Å². The van der Waals surface area contributed by atoms with Crippen molar-refractivity contribution in [3.05, 3.63) is 66.1 Å². The molecular formula is C17H17NO3S. The normalized spacial score (nSPS) is 11.1. The molecule has 2 aromatic rings. The monoisotopic (exact) mass is 315 g/mol. The van der Waals surface area contributed by atoms with Gasteiger partial charge in [-0.2, -0.15) is 0 Å². The van der Waals surface area contributed by atoms with Crippen molar-refractivity contribution < 1.29 is 14.3 Å². The first-order valence-electron chi connectivity index (χ1n) is 6.69. The molecule has 0 unspecified atom stereocenters. The second-order valence-electron chi connectivity index (χ2n) is 4.37. The highest BCUT2D eigenvalue weighted by Gasteiger charge is 2.16. The summed E-state index contributed by atoms with van der Waals surface area (Å²) in [5.41, 5.74) is 2.23. The Kier molecular flexibility index (Phi) is 6.03. The molecular weight excluding hydrogens is 298 g/mol. The predicted octanol–water partition coefficient (Wildman–Crippen LogP) is 3.53. The van der Waals surface area contributed by atoms with Gasteiger partial charge in [0.1, 0.15) is 5.57 Å². The quantitative estimate of drug-likeness (QED) is 0.353. The molecule has 0 bridgehead atoms. The number of hydrogen-bond donors (Lipinski definition) is 0. The van der Waals surface area contributed by atoms with Gasteiger partial charge in [0.15, 0.2) is 0 Å². The van der Waals surface area contributed by atoms with Gasteiger partial charge < -0.3 is 9.47 Å². The lowest BCUT2D eigenvalue weighted by Gasteiger charge is -2.11. The molecule has 0 saturated heterocycles. The van der Waals surface area contributed by atoms with E-state index in [-0.39, 0.29) is 0 Å². The van der Waals surface area contributed by atoms with Crippen LogP contribution in [0.1, 0.15) is 11.1 Å². The van der Waals surface area contributed by atoms with Gasteiger partial charge in [0, 0.05) is 11.9 Å². The van der Waals surface area contributed by atoms with Crippen molar-refractivity contribution in [2.24, 2.45) is 0 Å². The maximum Gasteiger partial charge on any atom is 0.341 e. The van der Waals surface area contributed by atoms with E-state index < -0.39 is 5.97 Å². The molecule has 0 aliphatic heterocycles. The Morgan fingerprint density at radius 2 is 1.95 bits per heavy atom. The standard InChI is InChI=1S/C17H17NO3S/c1-20-11-15(17(19)21-2)14-8-4-3-7-13(14)12-22-16-9-5-6-10-18-16/h3-11H,12H2,1-2H3. The molecule has 114 valence electrons. The smallest absolute Gasteiger partial charge is 0.341 e. The zero-order valence-electron chi connectivity index (χ0n) is 12.5. The van der Waals surface area contributed by atoms with Crippen molar-refractivity contribution in [1.82, 2.24) is 4.98 Å². The van der Waals surface area contributed by atoms with Crippen LogP contribution < -0.4 is 0 Å². The highest BCUT2D eigenvalue weighted by Crippen LogP contribution is 2.27. The van der Waals surface area contributed by atoms with Crippen molar-refractivity contribution in [3.63, 3.8) is 0 Å². The Morgan fingerprint density at radius 3 is 2.64 bits per heavy atom. The van der Waals surface area contributed by atoms with Gasteiger partial charge in [0.25, 0.3) is 0 Å². The zero-order valence-corrected chi connectivity index (χ0v) is 13.3. The summed E-state index contributed by atoms with van der Waals surface area (Å²) in [7, 11) is 2.87. The molecule has 0 radical (unpaired) electrons. The third kappa shape index (κ3) is 4.11. The summed E-state index contributed by atoms with van der Waals surface area (Å²) >= 11 is 1.61. The van der Waals surface area contributed by atoms with E-state index in [1.165, 1.54) is 20.5 Å². The number of ether oxygens (including phenoxy) is 2. The number of carbonyl (C=O) groups excluding carboxylic acids is 1. The van der Waals surface area contributed by atoms with Gasteiger partial charge in [0.2, 0.25) is 0 Å². The number of rotatable bonds is 6. The van der Waals surface area contributed by atoms with Gasteiger partial charge in [-0.25, -0.2) is 9.78 Å². The first kappa shape index (κ1) is 16.1. The van der Waals surface area contributed by atoms with Crippen LogP contribution in [0.25, 0.3) is 5.57 Å². The number of thioether (sulfide) groups is 1. The molecule has 2 rings (SSSR count). The average Bonchev–Trinajstić information content (AvgIpc) is 2.58. The van der Waals surface area contributed by atoms with Gasteiger partial charge in [-0.1, -0.05) is 30.3 Å². The summed E-state index contributed by atoms with van der Waals surface area (Å²) in [5, 5.41) is 0.938. The van der Waals surface area contributed by atoms with E-state index in [1.54, 1.807) is 18.0 Å². The van der Waals surface area contributed by atoms with E-state index in [2.05, 4.69) is 4.98 Å². The van der Waals surface area contributed by atoms with Crippen molar-refractivity contribution in [2.75, 3.05) is 14.2 Å². The molecule has 22 heavy (non-hydrogen) atoms. The van der Waals surface area contributed by atoms with Gasteiger partial charge in [0.05, 0.1) is 25.5 Å². The molecule has 1 aromatic heterocycles. The third-order valence-corrected chi connectivity index (χ3v) is 3.95. The summed E-state index contributed by atoms with van der Waals surface area (Å²) in [5.74, 6) is 0.280. The average molecular weight is 315 g/mol. The van der Waals surface area contributed by atoms with Crippen LogP contribution in [0.15, 0.2) is 59.9 Å². The minimum absolute atomic E-state index is 0.405. The van der Waals surface area contributed by atoms with Crippen LogP contribution in [0.4, 0.5) is 0 Å². The molecule has 0 fully saturated rings. The topological polar surface area (TPSA) is 48.4 Å². The van der Waals surface area contributed by atoms with Crippen LogP contribution in [0, 0.1) is 0 Å². The van der Waals surface area contributed by atoms with Gasteiger partial charge in [-0.15, -0.1) is 11.8 Å². The summed E-state index contributed by atoms with van der Waals surface area (Å²) in [6, 6.07) is 13.5. The summed E-state index contributed by atoms with van der Waals surface area (Å²) in [4.78, 5) is 16.2. The van der Waals surface area contributed by atoms with Crippen LogP contribution in [0.2, 0.25) is 0 Å². The molecule has 0 saturated carbocycles. The Labute approximate surface area is 134 Å². The zero-order chi connectivity index (χ0) is 15.8. The molecule has 1 heterocycles. The minimum atomic E-state index is -0.419. The molecule has 0 spiro atoms. The Hall–Kier alpha value is -2.27. The Balaban J connectivity index is 2.26. The number of carbonyl (C=O) groups is 1. The molecule has 0 N–H and O–H groups in total. The molecule has 1 aromatic carbocycles. The van der Waals surface area contributed by atoms with Crippen molar-refractivity contribution in [2.45, 2.75) is 10.8 Å². The first-order valence-corrected chi connectivity index (χ1v) is 7.68. The number of benzene rings is 1. The first-order chi connectivity index (χ1) is 10.8. The van der Waals surface area contributed by atoms with Crippen molar-refractivity contribution in [3.8, 4) is 0 Å². The minimum Gasteiger partial charge on any atom is -0.503 e. The van der Waals surface area contributed by atoms with Gasteiger partial charge in [-0.05, 0) is 23.3 Å². The number of methoxy groups -OCH3 is 2. The van der Waals surface area contributed by atoms with Crippen LogP contribution in [-0.4, -0.2) is 25.2 Å². The number of aromatic nitrogens is 1. The summed E-state index contributed by atoms with van der Waals surface area (Å²) < 4.78 is 9.85. The molecule has 0 amide bonds. The number of nitrogens with zero attached hydrogens (tertiary/aromatic N) is 1. The van der Waals surface area contributed by atoms with Gasteiger partial charge in [-0.3, -0.25) is 0 Å². The molecule has 5 heteroatoms. The second kappa shape index (κ2) is 8.24. The number of pyridine rings is 1. The Bertz CT molecular complexity index is 656. The lowest BCUT2D eigenvalue weighted by Crippen LogP contribution is -2.06. The SMILES string of the molecule is COC=C(C(=O)OC)c1ccccc1CSc1ccccn1. The Morgan fingerprint density at radius 1 is 1.18 bits per heavy atom. The lowest BCUT2D eigenvalue weighted by molar-refractivity contribution is -0.133. The molecule has 0 aliphatic rings. The molecule has 4 nitrogen and oxygen atoms in total. The van der Waals surface area contributed by atoms with Crippen LogP contribution in [0.3, 0.4) is 0 Å². The third-order valence-electron chi connectivity index (χ3n) is 2.96. The summed E-state index contributed by atoms with van der Waals surface area (Å²) in [6.45, 7) is 0. The van der Waals surface area contributed by atoms with E-state index in [0.717, 1.165) is 16.2 Å². The maximum atomic E-state index is 11.9. The largest absolute Gasteiger partial charge is 0.503 e. The fourth-order valence-electron chi connectivity index (χ4n) is 1.94. The van der Waals surface area contributed by atoms with E-state index in [0.29, 0.717) is 11.3 Å². The van der Waals surface area contributed by atoms with Crippen LogP contribution in [0.5, 0.6) is 0 Å². The second-order valence-corrected chi connectivity index (χ2v) is 5.37. The fraction of sp³-hybridized carbons (Fsp3) is 0.176. The molecule has 0 aliphatic carbocycles. The predicted molar refractivity (Wildman–Crippen MR) is 87.2 cm³/mol. The molecule has 0 atom stereocenters. The highest BCUT2D eigenvalue weighted by atomic mass is 32.2. The van der Waals surface area contributed by atoms with Crippen molar-refractivity contribution >= 4 is 23.3 Å². The fourth-order valence-corrected chi connectivity index (χ4v) is 2.81. The maximum absolute atomic E-state index is 11.9. The van der Waals surface area contributed by atoms with Crippen molar-refractivity contribution in [1.29, 1.82) is 0 Å².